The summed E-state index contributed by atoms with van der Waals surface area (Å²) in [5, 5.41) is 24.6. The van der Waals surface area contributed by atoms with E-state index in [1.54, 1.807) is 24.3 Å². The average Bonchev–Trinajstić information content (AvgIpc) is 2.68. The summed E-state index contributed by atoms with van der Waals surface area (Å²) in [4.78, 5) is 22.7. The number of nitrogens with zero attached hydrogens (tertiary/aromatic N) is 2. The molecule has 0 fully saturated rings. The highest BCUT2D eigenvalue weighted by Gasteiger charge is 2.27. The number of nitrogens with one attached hydrogen (secondary N) is 1. The second kappa shape index (κ2) is 7.60. The van der Waals surface area contributed by atoms with Crippen molar-refractivity contribution in [2.75, 3.05) is 13.7 Å². The number of carbonyl (C=O) groups is 1. The topological polar surface area (TPSA) is 133 Å². The van der Waals surface area contributed by atoms with Gasteiger partial charge < -0.3 is 19.3 Å². The molecule has 1 aliphatic rings. The van der Waals surface area contributed by atoms with Crippen molar-refractivity contribution in [2.45, 2.75) is 6.10 Å². The molecule has 3 rings (SSSR count). The van der Waals surface area contributed by atoms with E-state index < -0.39 is 22.6 Å². The third-order valence-electron chi connectivity index (χ3n) is 3.71. The van der Waals surface area contributed by atoms with Crippen molar-refractivity contribution >= 4 is 17.8 Å². The Kier molecular flexibility index (Phi) is 5.06. The lowest BCUT2D eigenvalue weighted by Crippen LogP contribution is -2.42. The van der Waals surface area contributed by atoms with Crippen molar-refractivity contribution in [3.63, 3.8) is 0 Å². The highest BCUT2D eigenvalue weighted by atomic mass is 16.6. The first kappa shape index (κ1) is 18.0. The van der Waals surface area contributed by atoms with Crippen LogP contribution in [0.25, 0.3) is 0 Å². The van der Waals surface area contributed by atoms with Gasteiger partial charge in [0.2, 0.25) is 11.9 Å². The summed E-state index contributed by atoms with van der Waals surface area (Å²) in [5.74, 6) is -0.273. The molecule has 0 spiro atoms. The number of para-hydroxylation sites is 2. The van der Waals surface area contributed by atoms with E-state index in [0.29, 0.717) is 11.5 Å². The van der Waals surface area contributed by atoms with Gasteiger partial charge in [0.25, 0.3) is 5.91 Å². The fourth-order valence-corrected chi connectivity index (χ4v) is 2.46. The molecule has 0 radical (unpaired) electrons. The van der Waals surface area contributed by atoms with Crippen LogP contribution in [0.2, 0.25) is 0 Å². The Morgan fingerprint density at radius 2 is 2.11 bits per heavy atom. The molecule has 2 aromatic rings. The summed E-state index contributed by atoms with van der Waals surface area (Å²) in [7, 11) is 1.20. The number of nitro groups is 1. The van der Waals surface area contributed by atoms with Gasteiger partial charge in [0.05, 0.1) is 23.8 Å². The third-order valence-corrected chi connectivity index (χ3v) is 3.71. The summed E-state index contributed by atoms with van der Waals surface area (Å²) in [6.07, 6.45) is 0.164. The number of hydrogen-bond donors (Lipinski definition) is 2. The molecule has 1 heterocycles. The first-order valence-electron chi connectivity index (χ1n) is 7.77. The van der Waals surface area contributed by atoms with Gasteiger partial charge in [-0.3, -0.25) is 14.9 Å². The van der Waals surface area contributed by atoms with E-state index in [-0.39, 0.29) is 23.7 Å². The molecular weight excluding hydrogens is 358 g/mol. The maximum absolute atomic E-state index is 12.2. The monoisotopic (exact) mass is 373 g/mol. The molecule has 10 heteroatoms. The van der Waals surface area contributed by atoms with Crippen molar-refractivity contribution in [3.05, 3.63) is 52.1 Å². The fourth-order valence-electron chi connectivity index (χ4n) is 2.46. The quantitative estimate of drug-likeness (QED) is 0.462. The predicted molar refractivity (Wildman–Crippen MR) is 93.4 cm³/mol. The minimum atomic E-state index is -0.915. The van der Waals surface area contributed by atoms with E-state index in [4.69, 9.17) is 14.2 Å². The molecule has 27 heavy (non-hydrogen) atoms. The smallest absolute Gasteiger partial charge is 0.323 e. The number of aromatic hydroxyl groups is 1. The van der Waals surface area contributed by atoms with Gasteiger partial charge in [0.15, 0.2) is 17.2 Å². The molecule has 0 saturated heterocycles. The summed E-state index contributed by atoms with van der Waals surface area (Å²) < 4.78 is 15.8. The van der Waals surface area contributed by atoms with Crippen molar-refractivity contribution in [3.8, 4) is 23.0 Å². The zero-order chi connectivity index (χ0) is 19.4. The molecule has 1 amide bonds. The van der Waals surface area contributed by atoms with Crippen LogP contribution < -0.4 is 19.6 Å². The van der Waals surface area contributed by atoms with Gasteiger partial charge >= 0.3 is 5.69 Å². The van der Waals surface area contributed by atoms with Crippen LogP contribution in [0.4, 0.5) is 5.69 Å². The number of rotatable bonds is 5. The molecule has 1 atom stereocenters. The number of fused-ring (bicyclic) bond motifs is 1. The number of hydrogen-bond acceptors (Lipinski definition) is 8. The molecule has 10 nitrogen and oxygen atoms in total. The lowest BCUT2D eigenvalue weighted by Gasteiger charge is -2.24. The van der Waals surface area contributed by atoms with Crippen LogP contribution >= 0.6 is 0 Å². The Morgan fingerprint density at radius 1 is 1.37 bits per heavy atom. The lowest BCUT2D eigenvalue weighted by molar-refractivity contribution is -0.386. The number of phenolic OH excluding ortho intramolecular Hbond substituents is 1. The number of hydrazone groups is 1. The van der Waals surface area contributed by atoms with Gasteiger partial charge in [-0.25, -0.2) is 5.43 Å². The standard InChI is InChI=1S/C17H15N3O7/c1-25-16-11(21)7-6-10(15(16)20(23)24)8-18-19-17(22)14-9-26-12-4-2-3-5-13(12)27-14/h2-8,14,21H,9H2,1H3,(H,19,22)/b18-8-. The van der Waals surface area contributed by atoms with Crippen LogP contribution in [0.3, 0.4) is 0 Å². The Labute approximate surface area is 153 Å². The van der Waals surface area contributed by atoms with E-state index in [0.717, 1.165) is 6.21 Å². The molecule has 1 aliphatic heterocycles. The maximum Gasteiger partial charge on any atom is 0.323 e. The number of methoxy groups -OCH3 is 1. The summed E-state index contributed by atoms with van der Waals surface area (Å²) in [6.45, 7) is 0.00550. The van der Waals surface area contributed by atoms with E-state index in [2.05, 4.69) is 10.5 Å². The minimum absolute atomic E-state index is 0.00550. The highest BCUT2D eigenvalue weighted by molar-refractivity contribution is 5.90. The molecule has 0 aliphatic carbocycles. The molecule has 0 saturated carbocycles. The van der Waals surface area contributed by atoms with E-state index in [1.165, 1.54) is 19.2 Å². The Morgan fingerprint density at radius 3 is 2.81 bits per heavy atom. The van der Waals surface area contributed by atoms with Crippen molar-refractivity contribution < 1.29 is 29.0 Å². The van der Waals surface area contributed by atoms with Crippen molar-refractivity contribution in [1.29, 1.82) is 0 Å². The van der Waals surface area contributed by atoms with Crippen LogP contribution in [0.15, 0.2) is 41.5 Å². The Bertz CT molecular complexity index is 913. The van der Waals surface area contributed by atoms with Gasteiger partial charge in [0.1, 0.15) is 6.61 Å². The largest absolute Gasteiger partial charge is 0.504 e. The molecule has 140 valence electrons. The van der Waals surface area contributed by atoms with Gasteiger partial charge in [-0.1, -0.05) is 12.1 Å². The zero-order valence-electron chi connectivity index (χ0n) is 14.1. The SMILES string of the molecule is COc1c(O)ccc(/C=N\NC(=O)C2COc3ccccc3O2)c1[N+](=O)[O-]. The fraction of sp³-hybridized carbons (Fsp3) is 0.176. The van der Waals surface area contributed by atoms with E-state index in [1.807, 2.05) is 0 Å². The molecule has 0 bridgehead atoms. The number of phenols is 1. The van der Waals surface area contributed by atoms with Crippen LogP contribution in [-0.2, 0) is 4.79 Å². The number of carbonyl (C=O) groups excluding carboxylic acids is 1. The first-order valence-corrected chi connectivity index (χ1v) is 7.77. The second-order valence-electron chi connectivity index (χ2n) is 5.41. The number of ether oxygens (including phenoxy) is 3. The van der Waals surface area contributed by atoms with E-state index in [9.17, 15) is 20.0 Å². The van der Waals surface area contributed by atoms with Crippen LogP contribution in [0.1, 0.15) is 5.56 Å². The number of benzene rings is 2. The highest BCUT2D eigenvalue weighted by Crippen LogP contribution is 2.38. The van der Waals surface area contributed by atoms with Crippen LogP contribution in [0.5, 0.6) is 23.0 Å². The van der Waals surface area contributed by atoms with Crippen LogP contribution in [-0.4, -0.2) is 42.0 Å². The third kappa shape index (κ3) is 3.73. The van der Waals surface area contributed by atoms with Gasteiger partial charge in [-0.05, 0) is 24.3 Å². The predicted octanol–water partition coefficient (Wildman–Crippen LogP) is 1.60. The van der Waals surface area contributed by atoms with Crippen molar-refractivity contribution in [1.82, 2.24) is 5.43 Å². The second-order valence-corrected chi connectivity index (χ2v) is 5.41. The molecule has 2 aromatic carbocycles. The van der Waals surface area contributed by atoms with Crippen LogP contribution in [0, 0.1) is 10.1 Å². The zero-order valence-corrected chi connectivity index (χ0v) is 14.1. The summed E-state index contributed by atoms with van der Waals surface area (Å²) in [6, 6.07) is 9.43. The molecule has 2 N–H and O–H groups in total. The van der Waals surface area contributed by atoms with E-state index >= 15 is 0 Å². The maximum atomic E-state index is 12.2. The first-order chi connectivity index (χ1) is 13.0. The summed E-state index contributed by atoms with van der Waals surface area (Å²) >= 11 is 0. The Balaban J connectivity index is 1.71. The lowest BCUT2D eigenvalue weighted by atomic mass is 10.1. The van der Waals surface area contributed by atoms with Gasteiger partial charge in [-0.15, -0.1) is 0 Å². The van der Waals surface area contributed by atoms with Crippen molar-refractivity contribution in [2.24, 2.45) is 5.10 Å². The molecular formula is C17H15N3O7. The van der Waals surface area contributed by atoms with Gasteiger partial charge in [-0.2, -0.15) is 5.10 Å². The summed E-state index contributed by atoms with van der Waals surface area (Å²) in [5.41, 5.74) is 1.82. The molecule has 1 unspecified atom stereocenters. The number of amides is 1. The molecule has 0 aromatic heterocycles. The normalized spacial score (nSPS) is 15.4. The van der Waals surface area contributed by atoms with Gasteiger partial charge in [0, 0.05) is 0 Å². The minimum Gasteiger partial charge on any atom is -0.504 e. The average molecular weight is 373 g/mol. The number of nitro benzene ring substituents is 1. The Hall–Kier alpha value is -3.82.